The van der Waals surface area contributed by atoms with Crippen molar-refractivity contribution in [3.63, 3.8) is 0 Å². The second kappa shape index (κ2) is 10.2. The Labute approximate surface area is 173 Å². The van der Waals surface area contributed by atoms with E-state index >= 15 is 0 Å². The highest BCUT2D eigenvalue weighted by Crippen LogP contribution is 2.21. The van der Waals surface area contributed by atoms with E-state index in [-0.39, 0.29) is 0 Å². The molecule has 28 heavy (non-hydrogen) atoms. The van der Waals surface area contributed by atoms with Crippen molar-refractivity contribution >= 4 is 35.3 Å². The van der Waals surface area contributed by atoms with E-state index in [1.54, 1.807) is 22.8 Å². The predicted molar refractivity (Wildman–Crippen MR) is 113 cm³/mol. The van der Waals surface area contributed by atoms with Gasteiger partial charge in [0, 0.05) is 23.9 Å². The van der Waals surface area contributed by atoms with Gasteiger partial charge < -0.3 is 10.6 Å². The summed E-state index contributed by atoms with van der Waals surface area (Å²) >= 11 is 7.47. The van der Waals surface area contributed by atoms with Crippen molar-refractivity contribution < 1.29 is 0 Å². The van der Waals surface area contributed by atoms with E-state index in [2.05, 4.69) is 42.6 Å². The first-order valence-corrected chi connectivity index (χ1v) is 10.6. The molecule has 0 aliphatic heterocycles. The zero-order valence-electron chi connectivity index (χ0n) is 15.9. The minimum absolute atomic E-state index is 0.427. The highest BCUT2D eigenvalue weighted by molar-refractivity contribution is 7.98. The highest BCUT2D eigenvalue weighted by Gasteiger charge is 2.11. The van der Waals surface area contributed by atoms with Crippen molar-refractivity contribution in [2.24, 2.45) is 0 Å². The van der Waals surface area contributed by atoms with E-state index in [1.807, 2.05) is 31.2 Å². The number of rotatable bonds is 10. The van der Waals surface area contributed by atoms with Crippen LogP contribution in [0.2, 0.25) is 5.02 Å². The second-order valence-electron chi connectivity index (χ2n) is 5.98. The van der Waals surface area contributed by atoms with Gasteiger partial charge in [-0.2, -0.15) is 19.6 Å². The fourth-order valence-electron chi connectivity index (χ4n) is 2.30. The first kappa shape index (κ1) is 20.3. The van der Waals surface area contributed by atoms with Gasteiger partial charge in [-0.25, -0.2) is 4.98 Å². The zero-order chi connectivity index (χ0) is 19.8. The van der Waals surface area contributed by atoms with Crippen LogP contribution < -0.4 is 10.6 Å². The Morgan fingerprint density at radius 1 is 1.04 bits per heavy atom. The summed E-state index contributed by atoms with van der Waals surface area (Å²) in [5, 5.41) is 12.2. The van der Waals surface area contributed by atoms with Crippen LogP contribution in [0.4, 0.5) is 11.9 Å². The number of thioether (sulfide) groups is 1. The van der Waals surface area contributed by atoms with E-state index in [0.717, 1.165) is 42.3 Å². The number of unbranched alkanes of at least 4 members (excludes halogenated alkanes) is 1. The van der Waals surface area contributed by atoms with Gasteiger partial charge in [0.2, 0.25) is 17.1 Å². The Kier molecular flexibility index (Phi) is 7.44. The molecule has 0 amide bonds. The molecular formula is C18H23ClN8S. The van der Waals surface area contributed by atoms with Crippen molar-refractivity contribution in [1.29, 1.82) is 0 Å². The van der Waals surface area contributed by atoms with Crippen molar-refractivity contribution in [3.8, 4) is 5.95 Å². The molecule has 3 aromatic rings. The van der Waals surface area contributed by atoms with Crippen LogP contribution in [-0.2, 0) is 5.75 Å². The number of aromatic nitrogens is 6. The molecule has 1 aromatic carbocycles. The third-order valence-corrected chi connectivity index (χ3v) is 4.90. The molecule has 0 saturated carbocycles. The van der Waals surface area contributed by atoms with E-state index in [4.69, 9.17) is 11.6 Å². The minimum Gasteiger partial charge on any atom is -0.354 e. The lowest BCUT2D eigenvalue weighted by molar-refractivity contribution is 0.765. The van der Waals surface area contributed by atoms with Crippen LogP contribution in [0, 0.1) is 0 Å². The molecule has 10 heteroatoms. The molecule has 0 radical (unpaired) electrons. The second-order valence-corrected chi connectivity index (χ2v) is 7.36. The Balaban J connectivity index is 1.72. The maximum Gasteiger partial charge on any atom is 0.258 e. The molecule has 2 N–H and O–H groups in total. The lowest BCUT2D eigenvalue weighted by atomic mass is 10.2. The molecule has 0 atom stereocenters. The van der Waals surface area contributed by atoms with Crippen LogP contribution in [0.15, 0.2) is 35.7 Å². The van der Waals surface area contributed by atoms with E-state index in [9.17, 15) is 0 Å². The summed E-state index contributed by atoms with van der Waals surface area (Å²) < 4.78 is 1.57. The van der Waals surface area contributed by atoms with E-state index < -0.39 is 0 Å². The molecular weight excluding hydrogens is 396 g/mol. The summed E-state index contributed by atoms with van der Waals surface area (Å²) in [6, 6.07) is 7.75. The van der Waals surface area contributed by atoms with E-state index in [0.29, 0.717) is 23.0 Å². The Bertz CT molecular complexity index is 884. The van der Waals surface area contributed by atoms with Crippen LogP contribution in [0.5, 0.6) is 0 Å². The smallest absolute Gasteiger partial charge is 0.258 e. The number of hydrogen-bond donors (Lipinski definition) is 2. The third kappa shape index (κ3) is 5.80. The molecule has 0 unspecified atom stereocenters. The lowest BCUT2D eigenvalue weighted by Gasteiger charge is -2.08. The molecule has 0 fully saturated rings. The van der Waals surface area contributed by atoms with Gasteiger partial charge in [0.1, 0.15) is 6.33 Å². The van der Waals surface area contributed by atoms with Crippen LogP contribution in [0.1, 0.15) is 32.3 Å². The average molecular weight is 419 g/mol. The van der Waals surface area contributed by atoms with Gasteiger partial charge in [-0.1, -0.05) is 48.8 Å². The average Bonchev–Trinajstić information content (AvgIpc) is 3.17. The number of anilines is 2. The van der Waals surface area contributed by atoms with Crippen molar-refractivity contribution in [3.05, 3.63) is 41.2 Å². The Morgan fingerprint density at radius 3 is 2.50 bits per heavy atom. The summed E-state index contributed by atoms with van der Waals surface area (Å²) in [5.74, 6) is 2.22. The fraction of sp³-hybridized carbons (Fsp3) is 0.389. The zero-order valence-corrected chi connectivity index (χ0v) is 17.5. The summed E-state index contributed by atoms with van der Waals surface area (Å²) in [6.07, 6.45) is 3.76. The first-order valence-electron chi connectivity index (χ1n) is 9.21. The number of nitrogens with one attached hydrogen (secondary N) is 2. The molecule has 0 spiro atoms. The minimum atomic E-state index is 0.427. The van der Waals surface area contributed by atoms with Crippen LogP contribution in [0.25, 0.3) is 5.95 Å². The van der Waals surface area contributed by atoms with Crippen LogP contribution in [-0.4, -0.2) is 42.8 Å². The fourth-order valence-corrected chi connectivity index (χ4v) is 3.18. The number of halogens is 1. The highest BCUT2D eigenvalue weighted by atomic mass is 35.5. The number of benzene rings is 1. The van der Waals surface area contributed by atoms with Gasteiger partial charge in [0.05, 0.1) is 0 Å². The summed E-state index contributed by atoms with van der Waals surface area (Å²) in [6.45, 7) is 5.67. The predicted octanol–water partition coefficient (Wildman–Crippen LogP) is 4.04. The quantitative estimate of drug-likeness (QED) is 0.376. The monoisotopic (exact) mass is 418 g/mol. The standard InChI is InChI=1S/C18H23ClN8S/c1-3-5-10-21-16-23-15(20-4-2)24-17(25-16)27-12-22-18(26-27)28-11-13-6-8-14(19)9-7-13/h6-9,12H,3-5,10-11H2,1-2H3,(H2,20,21,23,24,25). The maximum atomic E-state index is 5.92. The summed E-state index contributed by atoms with van der Waals surface area (Å²) in [4.78, 5) is 17.6. The molecule has 0 bridgehead atoms. The van der Waals surface area contributed by atoms with Gasteiger partial charge in [0.25, 0.3) is 5.95 Å². The van der Waals surface area contributed by atoms with E-state index in [1.165, 1.54) is 0 Å². The SMILES string of the molecule is CCCCNc1nc(NCC)nc(-n2cnc(SCc3ccc(Cl)cc3)n2)n1. The summed E-state index contributed by atoms with van der Waals surface area (Å²) in [7, 11) is 0. The van der Waals surface area contributed by atoms with Gasteiger partial charge in [0.15, 0.2) is 0 Å². The molecule has 2 aromatic heterocycles. The summed E-state index contributed by atoms with van der Waals surface area (Å²) in [5.41, 5.74) is 1.16. The maximum absolute atomic E-state index is 5.92. The number of nitrogens with zero attached hydrogens (tertiary/aromatic N) is 6. The van der Waals surface area contributed by atoms with Crippen molar-refractivity contribution in [2.75, 3.05) is 23.7 Å². The van der Waals surface area contributed by atoms with Gasteiger partial charge in [-0.15, -0.1) is 5.10 Å². The third-order valence-electron chi connectivity index (χ3n) is 3.73. The Hall–Kier alpha value is -2.39. The normalized spacial score (nSPS) is 10.8. The molecule has 8 nitrogen and oxygen atoms in total. The lowest BCUT2D eigenvalue weighted by Crippen LogP contribution is -2.13. The molecule has 0 aliphatic rings. The van der Waals surface area contributed by atoms with Crippen LogP contribution in [0.3, 0.4) is 0 Å². The van der Waals surface area contributed by atoms with Gasteiger partial charge >= 0.3 is 0 Å². The molecule has 0 saturated heterocycles. The van der Waals surface area contributed by atoms with Crippen molar-refractivity contribution in [1.82, 2.24) is 29.7 Å². The molecule has 148 valence electrons. The molecule has 0 aliphatic carbocycles. The van der Waals surface area contributed by atoms with Gasteiger partial charge in [-0.05, 0) is 31.0 Å². The molecule has 3 rings (SSSR count). The largest absolute Gasteiger partial charge is 0.354 e. The topological polar surface area (TPSA) is 93.4 Å². The number of hydrogen-bond acceptors (Lipinski definition) is 8. The van der Waals surface area contributed by atoms with Crippen LogP contribution >= 0.6 is 23.4 Å². The molecule has 2 heterocycles. The first-order chi connectivity index (χ1) is 13.7. The Morgan fingerprint density at radius 2 is 1.79 bits per heavy atom. The van der Waals surface area contributed by atoms with Gasteiger partial charge in [-0.3, -0.25) is 0 Å². The van der Waals surface area contributed by atoms with Crippen molar-refractivity contribution in [2.45, 2.75) is 37.6 Å².